The highest BCUT2D eigenvalue weighted by Crippen LogP contribution is 2.34. The molecule has 1 saturated carbocycles. The molecule has 1 unspecified atom stereocenters. The molecule has 0 spiro atoms. The molecule has 2 heterocycles. The summed E-state index contributed by atoms with van der Waals surface area (Å²) in [4.78, 5) is 19.3. The number of rotatable bonds is 2. The van der Waals surface area contributed by atoms with Gasteiger partial charge < -0.3 is 10.2 Å². The molecule has 1 aromatic rings. The van der Waals surface area contributed by atoms with Gasteiger partial charge in [0.05, 0.1) is 5.70 Å². The normalized spacial score (nSPS) is 23.6. The number of amides is 1. The van der Waals surface area contributed by atoms with Crippen LogP contribution in [0.4, 0.5) is 4.39 Å². The molecule has 5 heteroatoms. The largest absolute Gasteiger partial charge is 0.366 e. The molecule has 1 N–H and O–H groups in total. The fourth-order valence-electron chi connectivity index (χ4n) is 3.01. The minimum Gasteiger partial charge on any atom is -0.366 e. The fraction of sp³-hybridized carbons (Fsp3) is 0.294. The van der Waals surface area contributed by atoms with Crippen LogP contribution in [0.1, 0.15) is 24.0 Å². The lowest BCUT2D eigenvalue weighted by Crippen LogP contribution is -2.55. The Kier molecular flexibility index (Phi) is 2.89. The lowest BCUT2D eigenvalue weighted by Gasteiger charge is -2.37. The summed E-state index contributed by atoms with van der Waals surface area (Å²) < 4.78 is 13.3. The van der Waals surface area contributed by atoms with Crippen molar-refractivity contribution in [1.82, 2.24) is 10.2 Å². The molecule has 1 atom stereocenters. The van der Waals surface area contributed by atoms with Crippen LogP contribution in [0.5, 0.6) is 0 Å². The van der Waals surface area contributed by atoms with E-state index in [1.807, 2.05) is 23.3 Å². The zero-order chi connectivity index (χ0) is 15.3. The highest BCUT2D eigenvalue weighted by Gasteiger charge is 2.43. The summed E-state index contributed by atoms with van der Waals surface area (Å²) in [5.41, 5.74) is 2.66. The Bertz CT molecular complexity index is 746. The van der Waals surface area contributed by atoms with Crippen molar-refractivity contribution in [2.45, 2.75) is 32.0 Å². The van der Waals surface area contributed by atoms with Crippen LogP contribution in [0.3, 0.4) is 0 Å². The molecule has 0 aromatic heterocycles. The molecule has 112 valence electrons. The van der Waals surface area contributed by atoms with Gasteiger partial charge in [0.15, 0.2) is 0 Å². The Labute approximate surface area is 128 Å². The number of nitrogens with zero attached hydrogens (tertiary/aromatic N) is 2. The first-order valence-corrected chi connectivity index (χ1v) is 7.46. The van der Waals surface area contributed by atoms with E-state index in [9.17, 15) is 9.18 Å². The maximum Gasteiger partial charge on any atom is 0.275 e. The fourth-order valence-corrected chi connectivity index (χ4v) is 3.01. The van der Waals surface area contributed by atoms with Crippen molar-refractivity contribution in [3.05, 3.63) is 59.2 Å². The van der Waals surface area contributed by atoms with Gasteiger partial charge in [0.2, 0.25) is 0 Å². The number of aliphatic imine (C=N–C) groups is 1. The topological polar surface area (TPSA) is 44.7 Å². The maximum atomic E-state index is 13.3. The molecule has 0 radical (unpaired) electrons. The number of allylic oxidation sites excluding steroid dienone is 2. The van der Waals surface area contributed by atoms with Crippen LogP contribution in [0.15, 0.2) is 47.2 Å². The van der Waals surface area contributed by atoms with E-state index in [0.717, 1.165) is 24.1 Å². The van der Waals surface area contributed by atoms with Gasteiger partial charge in [-0.05, 0) is 61.9 Å². The highest BCUT2D eigenvalue weighted by atomic mass is 19.1. The van der Waals surface area contributed by atoms with Crippen molar-refractivity contribution >= 4 is 11.6 Å². The van der Waals surface area contributed by atoms with Crippen LogP contribution in [0.2, 0.25) is 0 Å². The Morgan fingerprint density at radius 2 is 2.18 bits per heavy atom. The minimum absolute atomic E-state index is 0.0813. The second-order valence-corrected chi connectivity index (χ2v) is 5.88. The highest BCUT2D eigenvalue weighted by molar-refractivity contribution is 6.46. The van der Waals surface area contributed by atoms with Gasteiger partial charge in [-0.1, -0.05) is 0 Å². The zero-order valence-electron chi connectivity index (χ0n) is 12.2. The number of dihydropyridines is 1. The predicted octanol–water partition coefficient (Wildman–Crippen LogP) is 2.25. The number of carbonyl (C=O) groups excluding carboxylic acids is 1. The first kappa shape index (κ1) is 13.2. The Hall–Kier alpha value is -2.43. The van der Waals surface area contributed by atoms with Gasteiger partial charge in [-0.2, -0.15) is 0 Å². The van der Waals surface area contributed by atoms with Crippen LogP contribution >= 0.6 is 0 Å². The smallest absolute Gasteiger partial charge is 0.275 e. The second-order valence-electron chi connectivity index (χ2n) is 5.88. The van der Waals surface area contributed by atoms with Crippen molar-refractivity contribution in [3.63, 3.8) is 0 Å². The first-order valence-electron chi connectivity index (χ1n) is 7.46. The molecule has 1 amide bonds. The van der Waals surface area contributed by atoms with E-state index in [1.165, 1.54) is 12.1 Å². The molecule has 2 aliphatic heterocycles. The number of carbonyl (C=O) groups is 1. The van der Waals surface area contributed by atoms with Gasteiger partial charge in [-0.3, -0.25) is 4.79 Å². The molecule has 1 fully saturated rings. The third-order valence-electron chi connectivity index (χ3n) is 4.24. The lowest BCUT2D eigenvalue weighted by molar-refractivity contribution is -0.127. The summed E-state index contributed by atoms with van der Waals surface area (Å²) >= 11 is 0. The van der Waals surface area contributed by atoms with Crippen molar-refractivity contribution in [3.8, 4) is 0 Å². The van der Waals surface area contributed by atoms with Crippen molar-refractivity contribution in [1.29, 1.82) is 0 Å². The molecule has 3 aliphatic rings. The van der Waals surface area contributed by atoms with E-state index in [2.05, 4.69) is 10.3 Å². The third kappa shape index (κ3) is 2.04. The molecular formula is C17H16FN3O. The molecule has 1 aromatic carbocycles. The number of nitrogens with one attached hydrogen (secondary N) is 1. The summed E-state index contributed by atoms with van der Waals surface area (Å²) in [6.07, 6.45) is 7.50. The molecule has 4 nitrogen and oxygen atoms in total. The molecular weight excluding hydrogens is 281 g/mol. The number of hydrogen-bond donors (Lipinski definition) is 1. The SMILES string of the molecule is Cc1cc(F)ccc1C1=NC2=CC=CNC2N(C2CC2)C1=O. The van der Waals surface area contributed by atoms with Gasteiger partial charge in [0.1, 0.15) is 17.7 Å². The average molecular weight is 297 g/mol. The lowest BCUT2D eigenvalue weighted by atomic mass is 10.00. The van der Waals surface area contributed by atoms with Gasteiger partial charge >= 0.3 is 0 Å². The monoisotopic (exact) mass is 297 g/mol. The molecule has 22 heavy (non-hydrogen) atoms. The zero-order valence-corrected chi connectivity index (χ0v) is 12.2. The number of hydrogen-bond acceptors (Lipinski definition) is 3. The van der Waals surface area contributed by atoms with Gasteiger partial charge in [-0.25, -0.2) is 9.38 Å². The maximum absolute atomic E-state index is 13.3. The molecule has 1 aliphatic carbocycles. The van der Waals surface area contributed by atoms with Gasteiger partial charge in [0.25, 0.3) is 5.91 Å². The van der Waals surface area contributed by atoms with E-state index in [-0.39, 0.29) is 23.9 Å². The summed E-state index contributed by atoms with van der Waals surface area (Å²) in [7, 11) is 0. The second kappa shape index (κ2) is 4.80. The van der Waals surface area contributed by atoms with Gasteiger partial charge in [0, 0.05) is 11.6 Å². The Morgan fingerprint density at radius 1 is 1.36 bits per heavy atom. The van der Waals surface area contributed by atoms with Crippen molar-refractivity contribution in [2.24, 2.45) is 4.99 Å². The third-order valence-corrected chi connectivity index (χ3v) is 4.24. The first-order chi connectivity index (χ1) is 10.6. The van der Waals surface area contributed by atoms with Crippen LogP contribution in [-0.4, -0.2) is 28.7 Å². The summed E-state index contributed by atoms with van der Waals surface area (Å²) in [6.45, 7) is 1.80. The van der Waals surface area contributed by atoms with E-state index >= 15 is 0 Å². The molecule has 4 rings (SSSR count). The standard InChI is InChI=1S/C17H16FN3O/c1-10-9-11(18)4-7-13(10)15-17(22)21(12-5-6-12)16-14(20-15)3-2-8-19-16/h2-4,7-9,12,16,19H,5-6H2,1H3. The Morgan fingerprint density at radius 3 is 2.91 bits per heavy atom. The van der Waals surface area contributed by atoms with Crippen LogP contribution in [0, 0.1) is 12.7 Å². The quantitative estimate of drug-likeness (QED) is 0.910. The number of fused-ring (bicyclic) bond motifs is 1. The number of benzene rings is 1. The number of aryl methyl sites for hydroxylation is 1. The van der Waals surface area contributed by atoms with Crippen molar-refractivity contribution in [2.75, 3.05) is 0 Å². The average Bonchev–Trinajstić information content (AvgIpc) is 3.32. The van der Waals surface area contributed by atoms with Crippen LogP contribution in [0.25, 0.3) is 0 Å². The predicted molar refractivity (Wildman–Crippen MR) is 81.7 cm³/mol. The Balaban J connectivity index is 1.83. The van der Waals surface area contributed by atoms with E-state index in [1.54, 1.807) is 13.0 Å². The summed E-state index contributed by atoms with van der Waals surface area (Å²) in [6, 6.07) is 4.72. The van der Waals surface area contributed by atoms with Crippen molar-refractivity contribution < 1.29 is 9.18 Å². The minimum atomic E-state index is -0.302. The summed E-state index contributed by atoms with van der Waals surface area (Å²) in [5.74, 6) is -0.384. The van der Waals surface area contributed by atoms with Gasteiger partial charge in [-0.15, -0.1) is 0 Å². The molecule has 0 saturated heterocycles. The summed E-state index contributed by atoms with van der Waals surface area (Å²) in [5, 5.41) is 3.21. The van der Waals surface area contributed by atoms with E-state index < -0.39 is 0 Å². The number of halogens is 1. The van der Waals surface area contributed by atoms with Crippen LogP contribution in [-0.2, 0) is 4.79 Å². The van der Waals surface area contributed by atoms with E-state index in [0.29, 0.717) is 11.3 Å². The van der Waals surface area contributed by atoms with E-state index in [4.69, 9.17) is 0 Å². The molecule has 0 bridgehead atoms. The van der Waals surface area contributed by atoms with Crippen LogP contribution < -0.4 is 5.32 Å².